The second-order valence-corrected chi connectivity index (χ2v) is 11.0. The molecule has 0 spiro atoms. The minimum atomic E-state index is -0.776. The average Bonchev–Trinajstić information content (AvgIpc) is 3.16. The minimum Gasteiger partial charge on any atom is -0.381 e. The molecule has 1 aliphatic heterocycles. The minimum absolute atomic E-state index is 0.0589. The summed E-state index contributed by atoms with van der Waals surface area (Å²) < 4.78 is 38.6. The second kappa shape index (κ2) is 8.17. The van der Waals surface area contributed by atoms with Gasteiger partial charge in [-0.25, -0.2) is 19.0 Å². The Labute approximate surface area is 212 Å². The van der Waals surface area contributed by atoms with Gasteiger partial charge >= 0.3 is 0 Å². The van der Waals surface area contributed by atoms with Crippen LogP contribution in [0.5, 0.6) is 0 Å². The first kappa shape index (κ1) is 23.7. The maximum atomic E-state index is 15.0. The summed E-state index contributed by atoms with van der Waals surface area (Å²) in [7, 11) is 0. The molecule has 4 heterocycles. The lowest BCUT2D eigenvalue weighted by Crippen LogP contribution is -2.25. The van der Waals surface area contributed by atoms with Crippen molar-refractivity contribution in [3.05, 3.63) is 65.5 Å². The molecule has 8 nitrogen and oxygen atoms in total. The fraction of sp³-hybridized carbons (Fsp3) is 0.407. The van der Waals surface area contributed by atoms with E-state index in [0.717, 1.165) is 35.1 Å². The number of ether oxygens (including phenoxy) is 1. The summed E-state index contributed by atoms with van der Waals surface area (Å²) in [5.41, 5.74) is 2.69. The van der Waals surface area contributed by atoms with Gasteiger partial charge in [0.15, 0.2) is 5.65 Å². The number of nitrogens with zero attached hydrogens (tertiary/aromatic N) is 5. The molecule has 1 aromatic carbocycles. The van der Waals surface area contributed by atoms with Crippen LogP contribution in [-0.2, 0) is 15.7 Å². The third-order valence-corrected chi connectivity index (χ3v) is 7.52. The van der Waals surface area contributed by atoms with E-state index in [0.29, 0.717) is 36.0 Å². The van der Waals surface area contributed by atoms with E-state index >= 15 is 0 Å². The van der Waals surface area contributed by atoms with E-state index in [4.69, 9.17) is 9.72 Å². The Morgan fingerprint density at radius 3 is 2.81 bits per heavy atom. The Hall–Kier alpha value is -3.66. The third kappa shape index (κ3) is 3.81. The molecule has 3 aromatic heterocycles. The van der Waals surface area contributed by atoms with Crippen LogP contribution in [0, 0.1) is 24.6 Å². The van der Waals surface area contributed by atoms with Crippen molar-refractivity contribution in [3.8, 4) is 11.3 Å². The van der Waals surface area contributed by atoms with Crippen molar-refractivity contribution in [2.24, 2.45) is 5.92 Å². The second-order valence-electron chi connectivity index (χ2n) is 11.0. The first-order chi connectivity index (χ1) is 17.6. The SMILES string of the molecule is Cc1cc(F)c(NC(=O)c2cnn(C(C)(C)C)c2F)cc1-c1cn2ccnc2c(C23CCOCC2C3)n1. The van der Waals surface area contributed by atoms with Gasteiger partial charge in [0.05, 0.1) is 35.4 Å². The number of imidazole rings is 1. The molecular weight excluding hydrogens is 478 g/mol. The Kier molecular flexibility index (Phi) is 5.24. The topological polar surface area (TPSA) is 86.3 Å². The summed E-state index contributed by atoms with van der Waals surface area (Å²) in [6.45, 7) is 8.52. The number of amides is 1. The van der Waals surface area contributed by atoms with E-state index in [-0.39, 0.29) is 16.7 Å². The van der Waals surface area contributed by atoms with Gasteiger partial charge in [-0.1, -0.05) is 0 Å². The highest BCUT2D eigenvalue weighted by Gasteiger charge is 2.59. The number of carbonyl (C=O) groups is 1. The van der Waals surface area contributed by atoms with Gasteiger partial charge < -0.3 is 14.5 Å². The summed E-state index contributed by atoms with van der Waals surface area (Å²) in [5, 5.41) is 6.52. The Morgan fingerprint density at radius 1 is 1.27 bits per heavy atom. The number of aromatic nitrogens is 5. The normalized spacial score (nSPS) is 21.2. The number of nitrogens with one attached hydrogen (secondary N) is 1. The fourth-order valence-electron chi connectivity index (χ4n) is 5.38. The Morgan fingerprint density at radius 2 is 2.08 bits per heavy atom. The Bertz CT molecular complexity index is 1550. The van der Waals surface area contributed by atoms with Crippen LogP contribution in [0.15, 0.2) is 36.9 Å². The van der Waals surface area contributed by atoms with Crippen molar-refractivity contribution in [1.29, 1.82) is 0 Å². The quantitative estimate of drug-likeness (QED) is 0.427. The van der Waals surface area contributed by atoms with E-state index in [1.165, 1.54) is 6.07 Å². The van der Waals surface area contributed by atoms with Crippen molar-refractivity contribution < 1.29 is 18.3 Å². The summed E-state index contributed by atoms with van der Waals surface area (Å²) >= 11 is 0. The zero-order chi connectivity index (χ0) is 26.1. The summed E-state index contributed by atoms with van der Waals surface area (Å²) in [6.07, 6.45) is 8.51. The maximum absolute atomic E-state index is 15.0. The molecule has 0 bridgehead atoms. The van der Waals surface area contributed by atoms with Gasteiger partial charge in [-0.2, -0.15) is 9.49 Å². The average molecular weight is 507 g/mol. The number of fused-ring (bicyclic) bond motifs is 2. The molecule has 2 atom stereocenters. The van der Waals surface area contributed by atoms with Crippen molar-refractivity contribution in [1.82, 2.24) is 24.1 Å². The van der Waals surface area contributed by atoms with Crippen LogP contribution in [0.25, 0.3) is 16.9 Å². The van der Waals surface area contributed by atoms with Crippen LogP contribution >= 0.6 is 0 Å². The van der Waals surface area contributed by atoms with Crippen molar-refractivity contribution in [3.63, 3.8) is 0 Å². The number of carbonyl (C=O) groups excluding carboxylic acids is 1. The lowest BCUT2D eigenvalue weighted by atomic mass is 9.93. The molecule has 2 unspecified atom stereocenters. The van der Waals surface area contributed by atoms with Gasteiger partial charge in [0.2, 0.25) is 5.95 Å². The number of hydrogen-bond donors (Lipinski definition) is 1. The van der Waals surface area contributed by atoms with E-state index in [1.807, 2.05) is 16.8 Å². The highest BCUT2D eigenvalue weighted by atomic mass is 19.1. The highest BCUT2D eigenvalue weighted by Crippen LogP contribution is 2.59. The lowest BCUT2D eigenvalue weighted by molar-refractivity contribution is 0.0796. The van der Waals surface area contributed by atoms with Crippen molar-refractivity contribution in [2.75, 3.05) is 18.5 Å². The number of halogens is 2. The van der Waals surface area contributed by atoms with Crippen LogP contribution in [0.2, 0.25) is 0 Å². The van der Waals surface area contributed by atoms with E-state index < -0.39 is 23.2 Å². The number of hydrogen-bond acceptors (Lipinski definition) is 5. The molecule has 0 radical (unpaired) electrons. The van der Waals surface area contributed by atoms with Crippen LogP contribution < -0.4 is 5.32 Å². The van der Waals surface area contributed by atoms with E-state index in [9.17, 15) is 13.6 Å². The van der Waals surface area contributed by atoms with E-state index in [1.54, 1.807) is 40.0 Å². The molecule has 1 N–H and O–H groups in total. The molecule has 192 valence electrons. The smallest absolute Gasteiger partial charge is 0.262 e. The molecule has 1 aliphatic carbocycles. The molecule has 1 saturated heterocycles. The van der Waals surface area contributed by atoms with E-state index in [2.05, 4.69) is 15.4 Å². The highest BCUT2D eigenvalue weighted by molar-refractivity contribution is 6.04. The number of rotatable bonds is 4. The van der Waals surface area contributed by atoms with Crippen molar-refractivity contribution in [2.45, 2.75) is 51.5 Å². The predicted molar refractivity (Wildman–Crippen MR) is 133 cm³/mol. The third-order valence-electron chi connectivity index (χ3n) is 7.52. The summed E-state index contributed by atoms with van der Waals surface area (Å²) in [6, 6.07) is 2.90. The molecule has 2 fully saturated rings. The van der Waals surface area contributed by atoms with Gasteiger partial charge in [-0.15, -0.1) is 0 Å². The van der Waals surface area contributed by atoms with Gasteiger partial charge in [-0.05, 0) is 64.2 Å². The van der Waals surface area contributed by atoms with Crippen LogP contribution in [0.1, 0.15) is 55.2 Å². The molecule has 1 amide bonds. The monoisotopic (exact) mass is 506 g/mol. The summed E-state index contributed by atoms with van der Waals surface area (Å²) in [4.78, 5) is 22.5. The molecule has 2 aliphatic rings. The molecule has 37 heavy (non-hydrogen) atoms. The Balaban J connectivity index is 1.39. The first-order valence-electron chi connectivity index (χ1n) is 12.4. The predicted octanol–water partition coefficient (Wildman–Crippen LogP) is 4.86. The van der Waals surface area contributed by atoms with Crippen LogP contribution in [-0.4, -0.2) is 43.3 Å². The fourth-order valence-corrected chi connectivity index (χ4v) is 5.38. The van der Waals surface area contributed by atoms with Crippen molar-refractivity contribution >= 4 is 17.2 Å². The standard InChI is InChI=1S/C27H28F2N6O2/c1-15-9-19(28)20(33-25(36)18-12-31-35(23(18)29)26(2,3)4)10-17(15)21-13-34-7-6-30-24(34)22(32-21)27-5-8-37-14-16(27)11-27/h6-7,9-10,12-13,16H,5,8,11,14H2,1-4H3,(H,33,36). The first-order valence-corrected chi connectivity index (χ1v) is 12.4. The van der Waals surface area contributed by atoms with Gasteiger partial charge in [0.25, 0.3) is 5.91 Å². The molecule has 4 aromatic rings. The number of aryl methyl sites for hydroxylation is 1. The zero-order valence-electron chi connectivity index (χ0n) is 21.2. The van der Waals surface area contributed by atoms with Crippen LogP contribution in [0.4, 0.5) is 14.5 Å². The molecule has 10 heteroatoms. The largest absolute Gasteiger partial charge is 0.381 e. The van der Waals surface area contributed by atoms with Gasteiger partial charge in [0, 0.05) is 36.2 Å². The van der Waals surface area contributed by atoms with Gasteiger partial charge in [0.1, 0.15) is 11.4 Å². The molecular formula is C27H28F2N6O2. The number of benzene rings is 1. The van der Waals surface area contributed by atoms with Gasteiger partial charge in [-0.3, -0.25) is 4.79 Å². The number of anilines is 1. The lowest BCUT2D eigenvalue weighted by Gasteiger charge is -2.23. The maximum Gasteiger partial charge on any atom is 0.262 e. The zero-order valence-corrected chi connectivity index (χ0v) is 21.2. The summed E-state index contributed by atoms with van der Waals surface area (Å²) in [5.74, 6) is -1.75. The molecule has 6 rings (SSSR count). The molecule has 1 saturated carbocycles. The van der Waals surface area contributed by atoms with Crippen LogP contribution in [0.3, 0.4) is 0 Å².